The van der Waals surface area contributed by atoms with Gasteiger partial charge in [-0.15, -0.1) is 0 Å². The molecule has 70 valence electrons. The van der Waals surface area contributed by atoms with Crippen LogP contribution >= 0.6 is 15.9 Å². The summed E-state index contributed by atoms with van der Waals surface area (Å²) in [6.07, 6.45) is 2.01. The van der Waals surface area contributed by atoms with Crippen molar-refractivity contribution in [2.24, 2.45) is 0 Å². The first-order valence-corrected chi connectivity index (χ1v) is 5.38. The van der Waals surface area contributed by atoms with Gasteiger partial charge in [0.1, 0.15) is 0 Å². The van der Waals surface area contributed by atoms with Gasteiger partial charge < -0.3 is 5.11 Å². The molecule has 2 heteroatoms. The van der Waals surface area contributed by atoms with Crippen molar-refractivity contribution in [2.45, 2.75) is 31.3 Å². The smallest absolute Gasteiger partial charge is 0.0608 e. The summed E-state index contributed by atoms with van der Waals surface area (Å²) in [5, 5.41) is 9.65. The molecule has 1 aliphatic rings. The Labute approximate surface area is 86.9 Å². The third kappa shape index (κ3) is 1.53. The van der Waals surface area contributed by atoms with Gasteiger partial charge in [-0.05, 0) is 37.5 Å². The van der Waals surface area contributed by atoms with Crippen LogP contribution in [0.15, 0.2) is 28.7 Å². The number of halogens is 1. The summed E-state index contributed by atoms with van der Waals surface area (Å²) in [5.41, 5.74) is 1.34. The van der Waals surface area contributed by atoms with Gasteiger partial charge >= 0.3 is 0 Å². The molecule has 0 saturated heterocycles. The van der Waals surface area contributed by atoms with E-state index < -0.39 is 0 Å². The van der Waals surface area contributed by atoms with Crippen LogP contribution in [0.5, 0.6) is 0 Å². The lowest BCUT2D eigenvalue weighted by atomic mass is 9.91. The quantitative estimate of drug-likeness (QED) is 0.844. The molecular weight excluding hydrogens is 228 g/mol. The third-order valence-electron chi connectivity index (χ3n) is 3.01. The maximum absolute atomic E-state index is 9.65. The predicted octanol–water partition coefficient (Wildman–Crippen LogP) is 2.86. The molecule has 0 bridgehead atoms. The second-order valence-corrected chi connectivity index (χ2v) is 4.75. The Balaban J connectivity index is 2.31. The van der Waals surface area contributed by atoms with Crippen molar-refractivity contribution < 1.29 is 5.11 Å². The largest absolute Gasteiger partial charge is 0.392 e. The van der Waals surface area contributed by atoms with E-state index in [2.05, 4.69) is 28.1 Å². The zero-order valence-corrected chi connectivity index (χ0v) is 9.21. The number of aliphatic hydroxyl groups is 1. The molecule has 1 nitrogen and oxygen atoms in total. The summed E-state index contributed by atoms with van der Waals surface area (Å²) in [4.78, 5) is 0. The number of hydrogen-bond donors (Lipinski definition) is 1. The summed E-state index contributed by atoms with van der Waals surface area (Å²) in [5.74, 6) is 0. The Morgan fingerprint density at radius 2 is 1.85 bits per heavy atom. The first kappa shape index (κ1) is 9.22. The van der Waals surface area contributed by atoms with E-state index in [9.17, 15) is 5.11 Å². The van der Waals surface area contributed by atoms with Gasteiger partial charge in [0, 0.05) is 9.89 Å². The lowest BCUT2D eigenvalue weighted by Crippen LogP contribution is -2.22. The highest BCUT2D eigenvalue weighted by Gasteiger charge is 2.48. The normalized spacial score (nSPS) is 21.2. The molecule has 1 aliphatic carbocycles. The second kappa shape index (κ2) is 3.10. The van der Waals surface area contributed by atoms with Gasteiger partial charge in [-0.3, -0.25) is 0 Å². The second-order valence-electron chi connectivity index (χ2n) is 3.84. The monoisotopic (exact) mass is 240 g/mol. The number of aliphatic hydroxyl groups excluding tert-OH is 1. The number of rotatable bonds is 2. The van der Waals surface area contributed by atoms with Gasteiger partial charge in [0.25, 0.3) is 0 Å². The average molecular weight is 241 g/mol. The van der Waals surface area contributed by atoms with Crippen LogP contribution in [-0.4, -0.2) is 11.2 Å². The van der Waals surface area contributed by atoms with Crippen LogP contribution in [0, 0.1) is 0 Å². The van der Waals surface area contributed by atoms with E-state index in [1.165, 1.54) is 5.56 Å². The maximum Gasteiger partial charge on any atom is 0.0608 e. The van der Waals surface area contributed by atoms with Gasteiger partial charge in [-0.2, -0.15) is 0 Å². The molecule has 13 heavy (non-hydrogen) atoms. The van der Waals surface area contributed by atoms with E-state index in [1.54, 1.807) is 0 Å². The Kier molecular flexibility index (Phi) is 2.20. The highest BCUT2D eigenvalue weighted by atomic mass is 79.9. The highest BCUT2D eigenvalue weighted by molar-refractivity contribution is 9.10. The lowest BCUT2D eigenvalue weighted by molar-refractivity contribution is 0.150. The molecule has 1 saturated carbocycles. The molecule has 1 atom stereocenters. The fourth-order valence-corrected chi connectivity index (χ4v) is 2.13. The van der Waals surface area contributed by atoms with Gasteiger partial charge in [0.15, 0.2) is 0 Å². The van der Waals surface area contributed by atoms with Crippen LogP contribution in [0.1, 0.15) is 25.3 Å². The van der Waals surface area contributed by atoms with Gasteiger partial charge in [0.2, 0.25) is 0 Å². The third-order valence-corrected chi connectivity index (χ3v) is 3.54. The van der Waals surface area contributed by atoms with Crippen LogP contribution in [0.25, 0.3) is 0 Å². The molecule has 0 radical (unpaired) electrons. The van der Waals surface area contributed by atoms with E-state index in [0.29, 0.717) is 0 Å². The molecule has 0 amide bonds. The van der Waals surface area contributed by atoms with Crippen LogP contribution in [0.2, 0.25) is 0 Å². The van der Waals surface area contributed by atoms with Crippen molar-refractivity contribution in [3.05, 3.63) is 34.3 Å². The summed E-state index contributed by atoms with van der Waals surface area (Å²) in [7, 11) is 0. The minimum Gasteiger partial charge on any atom is -0.392 e. The summed E-state index contributed by atoms with van der Waals surface area (Å²) in [6.45, 7) is 1.88. The summed E-state index contributed by atoms with van der Waals surface area (Å²) in [6, 6.07) is 8.28. The van der Waals surface area contributed by atoms with Gasteiger partial charge in [-0.25, -0.2) is 0 Å². The number of benzene rings is 1. The van der Waals surface area contributed by atoms with Crippen LogP contribution < -0.4 is 0 Å². The first-order valence-electron chi connectivity index (χ1n) is 4.59. The molecule has 0 spiro atoms. The van der Waals surface area contributed by atoms with Crippen LogP contribution in [0.3, 0.4) is 0 Å². The topological polar surface area (TPSA) is 20.2 Å². The number of hydrogen-bond acceptors (Lipinski definition) is 1. The molecule has 0 aliphatic heterocycles. The molecule has 1 aromatic carbocycles. The van der Waals surface area contributed by atoms with Gasteiger partial charge in [0.05, 0.1) is 6.10 Å². The standard InChI is InChI=1S/C11H13BrO/c1-8(13)11(6-7-11)9-2-4-10(12)5-3-9/h2-5,8,13H,6-7H2,1H3/t8-/m0/s1. The summed E-state index contributed by atoms with van der Waals surface area (Å²) < 4.78 is 1.10. The molecule has 0 heterocycles. The van der Waals surface area contributed by atoms with Crippen molar-refractivity contribution in [1.29, 1.82) is 0 Å². The van der Waals surface area contributed by atoms with E-state index in [0.717, 1.165) is 17.3 Å². The van der Waals surface area contributed by atoms with Crippen molar-refractivity contribution in [3.63, 3.8) is 0 Å². The van der Waals surface area contributed by atoms with Crippen LogP contribution in [-0.2, 0) is 5.41 Å². The Bertz CT molecular complexity index is 298. The SMILES string of the molecule is C[C@H](O)C1(c2ccc(Br)cc2)CC1. The molecule has 0 aromatic heterocycles. The average Bonchev–Trinajstić information content (AvgIpc) is 2.86. The van der Waals surface area contributed by atoms with E-state index >= 15 is 0 Å². The molecule has 1 fully saturated rings. The Morgan fingerprint density at radius 3 is 2.23 bits per heavy atom. The van der Waals surface area contributed by atoms with Crippen LogP contribution in [0.4, 0.5) is 0 Å². The maximum atomic E-state index is 9.65. The molecule has 1 N–H and O–H groups in total. The minimum atomic E-state index is -0.228. The fourth-order valence-electron chi connectivity index (χ4n) is 1.86. The first-order chi connectivity index (χ1) is 6.15. The zero-order chi connectivity index (χ0) is 9.47. The van der Waals surface area contributed by atoms with Crippen molar-refractivity contribution >= 4 is 15.9 Å². The van der Waals surface area contributed by atoms with E-state index in [4.69, 9.17) is 0 Å². The summed E-state index contributed by atoms with van der Waals surface area (Å²) >= 11 is 3.41. The van der Waals surface area contributed by atoms with Crippen molar-refractivity contribution in [3.8, 4) is 0 Å². The molecular formula is C11H13BrO. The van der Waals surface area contributed by atoms with Crippen molar-refractivity contribution in [1.82, 2.24) is 0 Å². The minimum absolute atomic E-state index is 0.0701. The Hall–Kier alpha value is -0.340. The highest BCUT2D eigenvalue weighted by Crippen LogP contribution is 2.50. The fraction of sp³-hybridized carbons (Fsp3) is 0.455. The molecule has 2 rings (SSSR count). The lowest BCUT2D eigenvalue weighted by Gasteiger charge is -2.18. The Morgan fingerprint density at radius 1 is 1.31 bits per heavy atom. The zero-order valence-electron chi connectivity index (χ0n) is 7.63. The molecule has 1 aromatic rings. The van der Waals surface area contributed by atoms with Crippen molar-refractivity contribution in [2.75, 3.05) is 0 Å². The van der Waals surface area contributed by atoms with E-state index in [-0.39, 0.29) is 11.5 Å². The van der Waals surface area contributed by atoms with Gasteiger partial charge in [-0.1, -0.05) is 28.1 Å². The molecule has 0 unspecified atom stereocenters. The van der Waals surface area contributed by atoms with E-state index in [1.807, 2.05) is 19.1 Å². The predicted molar refractivity (Wildman–Crippen MR) is 56.7 cm³/mol.